The average molecular weight is 80.9 g/mol. The van der Waals surface area contributed by atoms with E-state index in [1.54, 1.807) is 0 Å². The van der Waals surface area contributed by atoms with Crippen molar-refractivity contribution in [3.63, 3.8) is 0 Å². The summed E-state index contributed by atoms with van der Waals surface area (Å²) >= 11 is 0. The first-order chi connectivity index (χ1) is 1.73. The molecule has 0 fully saturated rings. The third-order valence-corrected chi connectivity index (χ3v) is 0. The molecule has 0 saturated heterocycles. The molecule has 0 aromatic heterocycles. The van der Waals surface area contributed by atoms with Gasteiger partial charge < -0.3 is 6.53 Å². The predicted octanol–water partition coefficient (Wildman–Crippen LogP) is -8.97. The molecule has 0 heterocycles. The summed E-state index contributed by atoms with van der Waals surface area (Å²) in [6.45, 7) is 2.56. The Hall–Kier alpha value is 1.13. The zero-order valence-corrected chi connectivity index (χ0v) is 5.06. The van der Waals surface area contributed by atoms with E-state index in [4.69, 9.17) is 9.90 Å². The van der Waals surface area contributed by atoms with Crippen molar-refractivity contribution in [2.75, 3.05) is 0 Å². The Morgan fingerprint density at radius 3 is 1.43 bits per heavy atom. The van der Waals surface area contributed by atoms with Crippen LogP contribution in [0.4, 0.5) is 0 Å². The van der Waals surface area contributed by atoms with Gasteiger partial charge >= 0.3 is 56.6 Å². The zero-order chi connectivity index (χ0) is 3.58. The van der Waals surface area contributed by atoms with Crippen molar-refractivity contribution in [3.8, 4) is 0 Å². The summed E-state index contributed by atoms with van der Waals surface area (Å²) in [4.78, 5) is 8.89. The third kappa shape index (κ3) is 147. The zero-order valence-electron chi connectivity index (χ0n) is 6.06. The Labute approximate surface area is 80.4 Å². The minimum absolute atomic E-state index is 0. The fourth-order valence-corrected chi connectivity index (χ4v) is 0. The van der Waals surface area contributed by atoms with Crippen LogP contribution in [0.3, 0.4) is 0 Å². The molecule has 26 valence electrons. The van der Waals surface area contributed by atoms with Crippen LogP contribution in [0.1, 0.15) is 1.43 Å². The second-order valence-electron chi connectivity index (χ2n) is 0.394. The topological polar surface area (TPSA) is 37.3 Å². The molecule has 0 spiro atoms. The van der Waals surface area contributed by atoms with Crippen molar-refractivity contribution in [1.82, 2.24) is 0 Å². The van der Waals surface area contributed by atoms with Gasteiger partial charge in [0.15, 0.2) is 5.97 Å². The van der Waals surface area contributed by atoms with Crippen LogP contribution in [0.25, 0.3) is 0 Å². The summed E-state index contributed by atoms with van der Waals surface area (Å²) < 4.78 is 0. The van der Waals surface area contributed by atoms with Crippen molar-refractivity contribution in [3.05, 3.63) is 6.92 Å². The van der Waals surface area contributed by atoms with Crippen LogP contribution < -0.4 is 56.6 Å². The van der Waals surface area contributed by atoms with Gasteiger partial charge in [-0.1, -0.05) is 0 Å². The molecule has 0 unspecified atom stereocenters. The first-order valence-corrected chi connectivity index (χ1v) is 0.781. The molecule has 0 amide bonds. The molecular formula is C2H4Li3O2+. The number of carboxylic acids is 1. The number of hydrogen-bond acceptors (Lipinski definition) is 1. The van der Waals surface area contributed by atoms with Crippen molar-refractivity contribution >= 4 is 5.97 Å². The average Bonchev–Trinajstić information content (AvgIpc) is 0.811. The molecule has 0 bridgehead atoms. The standard InChI is InChI=1S/C2H3O2.3Li.H/c1-2(3)4;;;;/h1H2,(H,3,4);;;;/q-1;3*+1;-1. The van der Waals surface area contributed by atoms with E-state index in [0.717, 1.165) is 0 Å². The van der Waals surface area contributed by atoms with E-state index >= 15 is 0 Å². The van der Waals surface area contributed by atoms with Gasteiger partial charge in [-0.15, -0.1) is 0 Å². The van der Waals surface area contributed by atoms with Crippen molar-refractivity contribution < 1.29 is 67.9 Å². The Morgan fingerprint density at radius 1 is 1.43 bits per heavy atom. The molecule has 7 heavy (non-hydrogen) atoms. The maximum absolute atomic E-state index is 8.89. The third-order valence-electron chi connectivity index (χ3n) is 0. The summed E-state index contributed by atoms with van der Waals surface area (Å²) in [7, 11) is 0. The second kappa shape index (κ2) is 15.7. The van der Waals surface area contributed by atoms with Crippen molar-refractivity contribution in [1.29, 1.82) is 0 Å². The minimum Gasteiger partial charge on any atom is -1.00 e. The van der Waals surface area contributed by atoms with E-state index < -0.39 is 5.97 Å². The van der Waals surface area contributed by atoms with Gasteiger partial charge in [0, 0.05) is 0 Å². The summed E-state index contributed by atoms with van der Waals surface area (Å²) in [5, 5.41) is 7.31. The van der Waals surface area contributed by atoms with E-state index in [0.29, 0.717) is 0 Å². The SMILES string of the molecule is [CH2-]C(=O)O.[H-].[Li+].[Li+].[Li+]. The molecule has 1 N–H and O–H groups in total. The van der Waals surface area contributed by atoms with Gasteiger partial charge in [-0.05, 0) is 0 Å². The van der Waals surface area contributed by atoms with Gasteiger partial charge in [-0.2, -0.15) is 0 Å². The molecular weight excluding hydrogens is 76.8 g/mol. The van der Waals surface area contributed by atoms with Crippen LogP contribution in [0.5, 0.6) is 0 Å². The van der Waals surface area contributed by atoms with Gasteiger partial charge in [-0.3, -0.25) is 11.7 Å². The van der Waals surface area contributed by atoms with Crippen molar-refractivity contribution in [2.45, 2.75) is 0 Å². The van der Waals surface area contributed by atoms with Gasteiger partial charge in [-0.25, -0.2) is 0 Å². The van der Waals surface area contributed by atoms with Crippen LogP contribution in [0, 0.1) is 6.92 Å². The summed E-state index contributed by atoms with van der Waals surface area (Å²) in [5.41, 5.74) is 0. The molecule has 0 aromatic carbocycles. The van der Waals surface area contributed by atoms with Crippen LogP contribution in [0.2, 0.25) is 0 Å². The van der Waals surface area contributed by atoms with Crippen LogP contribution in [0.15, 0.2) is 0 Å². The van der Waals surface area contributed by atoms with E-state index in [-0.39, 0.29) is 58.0 Å². The quantitative estimate of drug-likeness (QED) is 0.232. The monoisotopic (exact) mass is 81.1 g/mol. The number of aliphatic carboxylic acids is 1. The smallest absolute Gasteiger partial charge is 1.00 e. The van der Waals surface area contributed by atoms with Crippen molar-refractivity contribution in [2.24, 2.45) is 0 Å². The molecule has 0 saturated carbocycles. The molecule has 0 atom stereocenters. The van der Waals surface area contributed by atoms with Crippen LogP contribution in [-0.4, -0.2) is 11.1 Å². The van der Waals surface area contributed by atoms with Crippen LogP contribution in [-0.2, 0) is 4.79 Å². The maximum atomic E-state index is 8.89. The number of carboxylic acid groups (broad SMARTS) is 1. The maximum Gasteiger partial charge on any atom is 1.00 e. The Morgan fingerprint density at radius 2 is 1.43 bits per heavy atom. The van der Waals surface area contributed by atoms with Gasteiger partial charge in [0.1, 0.15) is 0 Å². The fraction of sp³-hybridized carbons (Fsp3) is 0. The Kier molecular flexibility index (Phi) is 54.4. The van der Waals surface area contributed by atoms with Crippen LogP contribution >= 0.6 is 0 Å². The predicted molar refractivity (Wildman–Crippen MR) is 14.1 cm³/mol. The molecule has 5 heteroatoms. The number of hydrogen-bond donors (Lipinski definition) is 1. The first kappa shape index (κ1) is 24.2. The number of rotatable bonds is 0. The van der Waals surface area contributed by atoms with Gasteiger partial charge in [0.05, 0.1) is 0 Å². The largest absolute Gasteiger partial charge is 1.00 e. The van der Waals surface area contributed by atoms with E-state index in [1.807, 2.05) is 0 Å². The number of carbonyl (C=O) groups is 1. The molecule has 0 aliphatic heterocycles. The molecule has 0 radical (unpaired) electrons. The Bertz CT molecular complexity index is 38.3. The van der Waals surface area contributed by atoms with Gasteiger partial charge in [0.25, 0.3) is 0 Å². The summed E-state index contributed by atoms with van der Waals surface area (Å²) in [6, 6.07) is 0. The van der Waals surface area contributed by atoms with Gasteiger partial charge in [0.2, 0.25) is 0 Å². The second-order valence-corrected chi connectivity index (χ2v) is 0.394. The molecule has 0 aliphatic rings. The molecule has 0 rings (SSSR count). The summed E-state index contributed by atoms with van der Waals surface area (Å²) in [5.74, 6) is -1.08. The molecule has 2 nitrogen and oxygen atoms in total. The fourth-order valence-electron chi connectivity index (χ4n) is 0. The minimum atomic E-state index is -1.08. The molecule has 0 aromatic rings. The normalized spacial score (nSPS) is 3.43. The van der Waals surface area contributed by atoms with E-state index in [2.05, 4.69) is 6.92 Å². The molecule has 0 aliphatic carbocycles. The first-order valence-electron chi connectivity index (χ1n) is 0.781. The van der Waals surface area contributed by atoms with E-state index in [9.17, 15) is 0 Å². The van der Waals surface area contributed by atoms with E-state index in [1.165, 1.54) is 0 Å². The summed E-state index contributed by atoms with van der Waals surface area (Å²) in [6.07, 6.45) is 0. The Balaban J connectivity index is -0.00000000750.